The predicted molar refractivity (Wildman–Crippen MR) is 101 cm³/mol. The summed E-state index contributed by atoms with van der Waals surface area (Å²) in [5, 5.41) is 3.35. The van der Waals surface area contributed by atoms with E-state index in [-0.39, 0.29) is 17.9 Å². The van der Waals surface area contributed by atoms with Crippen LogP contribution in [0.25, 0.3) is 0 Å². The Morgan fingerprint density at radius 1 is 1.12 bits per heavy atom. The van der Waals surface area contributed by atoms with Crippen molar-refractivity contribution in [2.45, 2.75) is 59.2 Å². The van der Waals surface area contributed by atoms with Crippen molar-refractivity contribution in [3.8, 4) is 0 Å². The van der Waals surface area contributed by atoms with E-state index >= 15 is 0 Å². The number of nitrogens with one attached hydrogen (secondary N) is 1. The molecule has 0 saturated carbocycles. The second-order valence-corrected chi connectivity index (χ2v) is 7.98. The SMILES string of the molecule is CC(C)[C@H](NC(=O)OC(C)(C)C)C(=O)N(C)C(C)c1ccc(Cl)cc1. The molecule has 1 unspecified atom stereocenters. The third-order valence-electron chi connectivity index (χ3n) is 3.89. The number of benzene rings is 1. The van der Waals surface area contributed by atoms with Crippen molar-refractivity contribution in [1.29, 1.82) is 0 Å². The third kappa shape index (κ3) is 6.58. The molecule has 0 aliphatic rings. The Hall–Kier alpha value is -1.75. The van der Waals surface area contributed by atoms with Gasteiger partial charge in [0.15, 0.2) is 0 Å². The molecule has 1 N–H and O–H groups in total. The van der Waals surface area contributed by atoms with Crippen molar-refractivity contribution < 1.29 is 14.3 Å². The van der Waals surface area contributed by atoms with Gasteiger partial charge in [0.2, 0.25) is 5.91 Å². The molecule has 1 rings (SSSR count). The molecule has 0 heterocycles. The first-order valence-electron chi connectivity index (χ1n) is 8.44. The number of hydrogen-bond acceptors (Lipinski definition) is 3. The van der Waals surface area contributed by atoms with Gasteiger partial charge in [0, 0.05) is 12.1 Å². The lowest BCUT2D eigenvalue weighted by Crippen LogP contribution is -2.51. The summed E-state index contributed by atoms with van der Waals surface area (Å²) < 4.78 is 5.27. The minimum absolute atomic E-state index is 0.0695. The van der Waals surface area contributed by atoms with E-state index in [4.69, 9.17) is 16.3 Å². The summed E-state index contributed by atoms with van der Waals surface area (Å²) in [5.74, 6) is -0.233. The Labute approximate surface area is 155 Å². The van der Waals surface area contributed by atoms with Crippen molar-refractivity contribution in [3.05, 3.63) is 34.9 Å². The molecule has 1 aromatic carbocycles. The van der Waals surface area contributed by atoms with E-state index in [1.807, 2.05) is 32.9 Å². The number of halogens is 1. The number of hydrogen-bond donors (Lipinski definition) is 1. The Kier molecular flexibility index (Phi) is 7.29. The van der Waals surface area contributed by atoms with E-state index < -0.39 is 17.7 Å². The number of alkyl carbamates (subject to hydrolysis) is 1. The van der Waals surface area contributed by atoms with Crippen LogP contribution in [0.2, 0.25) is 5.02 Å². The highest BCUT2D eigenvalue weighted by atomic mass is 35.5. The molecular weight excluding hydrogens is 340 g/mol. The molecular formula is C19H29ClN2O3. The monoisotopic (exact) mass is 368 g/mol. The van der Waals surface area contributed by atoms with Crippen LogP contribution >= 0.6 is 11.6 Å². The van der Waals surface area contributed by atoms with Gasteiger partial charge >= 0.3 is 6.09 Å². The fourth-order valence-electron chi connectivity index (χ4n) is 2.32. The lowest BCUT2D eigenvalue weighted by molar-refractivity contribution is -0.135. The molecule has 0 fully saturated rings. The van der Waals surface area contributed by atoms with Gasteiger partial charge in [0.1, 0.15) is 11.6 Å². The standard InChI is InChI=1S/C19H29ClN2O3/c1-12(2)16(21-18(24)25-19(4,5)6)17(23)22(7)13(3)14-8-10-15(20)11-9-14/h8-13,16H,1-7H3,(H,21,24)/t13?,16-/m0/s1. The van der Waals surface area contributed by atoms with Gasteiger partial charge in [-0.2, -0.15) is 0 Å². The topological polar surface area (TPSA) is 58.6 Å². The zero-order valence-electron chi connectivity index (χ0n) is 16.1. The molecule has 0 aliphatic heterocycles. The van der Waals surface area contributed by atoms with Crippen molar-refractivity contribution in [3.63, 3.8) is 0 Å². The van der Waals surface area contributed by atoms with E-state index in [9.17, 15) is 9.59 Å². The molecule has 0 bridgehead atoms. The smallest absolute Gasteiger partial charge is 0.408 e. The van der Waals surface area contributed by atoms with Gasteiger partial charge in [0.05, 0.1) is 6.04 Å². The number of ether oxygens (including phenoxy) is 1. The van der Waals surface area contributed by atoms with Gasteiger partial charge in [-0.05, 0) is 51.3 Å². The highest BCUT2D eigenvalue weighted by molar-refractivity contribution is 6.30. The minimum atomic E-state index is -0.658. The van der Waals surface area contributed by atoms with Gasteiger partial charge in [-0.15, -0.1) is 0 Å². The fraction of sp³-hybridized carbons (Fsp3) is 0.579. The Morgan fingerprint density at radius 3 is 2.08 bits per heavy atom. The van der Waals surface area contributed by atoms with Crippen molar-refractivity contribution in [2.75, 3.05) is 7.05 Å². The highest BCUT2D eigenvalue weighted by Crippen LogP contribution is 2.22. The molecule has 2 amide bonds. The zero-order valence-corrected chi connectivity index (χ0v) is 16.8. The Morgan fingerprint density at radius 2 is 1.64 bits per heavy atom. The third-order valence-corrected chi connectivity index (χ3v) is 4.14. The number of rotatable bonds is 5. The molecule has 1 aromatic rings. The summed E-state index contributed by atoms with van der Waals surface area (Å²) in [6, 6.07) is 6.57. The second kappa shape index (κ2) is 8.56. The average molecular weight is 369 g/mol. The molecule has 2 atom stereocenters. The van der Waals surface area contributed by atoms with Crippen molar-refractivity contribution >= 4 is 23.6 Å². The van der Waals surface area contributed by atoms with Crippen LogP contribution in [0.5, 0.6) is 0 Å². The maximum absolute atomic E-state index is 12.9. The summed E-state index contributed by atoms with van der Waals surface area (Å²) in [4.78, 5) is 26.6. The van der Waals surface area contributed by atoms with Crippen LogP contribution in [0.1, 0.15) is 53.1 Å². The first-order chi connectivity index (χ1) is 11.4. The van der Waals surface area contributed by atoms with E-state index in [0.29, 0.717) is 5.02 Å². The van der Waals surface area contributed by atoms with Crippen LogP contribution in [0.15, 0.2) is 24.3 Å². The first kappa shape index (κ1) is 21.3. The molecule has 25 heavy (non-hydrogen) atoms. The minimum Gasteiger partial charge on any atom is -0.444 e. The normalized spacial score (nSPS) is 14.0. The quantitative estimate of drug-likeness (QED) is 0.837. The van der Waals surface area contributed by atoms with Crippen molar-refractivity contribution in [1.82, 2.24) is 10.2 Å². The van der Waals surface area contributed by atoms with Gasteiger partial charge in [-0.25, -0.2) is 4.79 Å². The summed E-state index contributed by atoms with van der Waals surface area (Å²) in [6.45, 7) is 11.1. The highest BCUT2D eigenvalue weighted by Gasteiger charge is 2.31. The molecule has 0 spiro atoms. The van der Waals surface area contributed by atoms with E-state index in [0.717, 1.165) is 5.56 Å². The Bertz CT molecular complexity index is 594. The molecule has 140 valence electrons. The number of amides is 2. The number of nitrogens with zero attached hydrogens (tertiary/aromatic N) is 1. The summed E-state index contributed by atoms with van der Waals surface area (Å²) in [5.41, 5.74) is 0.358. The lowest BCUT2D eigenvalue weighted by atomic mass is 10.0. The number of carbonyl (C=O) groups is 2. The molecule has 5 nitrogen and oxygen atoms in total. The van der Waals surface area contributed by atoms with Crippen LogP contribution in [0, 0.1) is 5.92 Å². The molecule has 0 aliphatic carbocycles. The largest absolute Gasteiger partial charge is 0.444 e. The Balaban J connectivity index is 2.87. The summed E-state index contributed by atoms with van der Waals surface area (Å²) >= 11 is 5.92. The first-order valence-corrected chi connectivity index (χ1v) is 8.82. The second-order valence-electron chi connectivity index (χ2n) is 7.54. The van der Waals surface area contributed by atoms with E-state index in [1.165, 1.54) is 0 Å². The molecule has 0 radical (unpaired) electrons. The fourth-order valence-corrected chi connectivity index (χ4v) is 2.45. The number of carbonyl (C=O) groups excluding carboxylic acids is 2. The van der Waals surface area contributed by atoms with Crippen LogP contribution < -0.4 is 5.32 Å². The summed E-state index contributed by atoms with van der Waals surface area (Å²) in [6.07, 6.45) is -0.591. The maximum atomic E-state index is 12.9. The molecule has 0 aromatic heterocycles. The molecule has 6 heteroatoms. The van der Waals surface area contributed by atoms with Gasteiger partial charge < -0.3 is 15.0 Å². The maximum Gasteiger partial charge on any atom is 0.408 e. The lowest BCUT2D eigenvalue weighted by Gasteiger charge is -2.32. The zero-order chi connectivity index (χ0) is 19.4. The van der Waals surface area contributed by atoms with Crippen LogP contribution in [0.3, 0.4) is 0 Å². The van der Waals surface area contributed by atoms with Gasteiger partial charge in [-0.3, -0.25) is 4.79 Å². The van der Waals surface area contributed by atoms with Gasteiger partial charge in [-0.1, -0.05) is 37.6 Å². The van der Waals surface area contributed by atoms with Crippen LogP contribution in [0.4, 0.5) is 4.79 Å². The molecule has 0 saturated heterocycles. The van der Waals surface area contributed by atoms with Crippen LogP contribution in [-0.2, 0) is 9.53 Å². The number of likely N-dealkylation sites (N-methyl/N-ethyl adjacent to an activating group) is 1. The van der Waals surface area contributed by atoms with E-state index in [2.05, 4.69) is 5.32 Å². The average Bonchev–Trinajstić information content (AvgIpc) is 2.49. The van der Waals surface area contributed by atoms with Crippen LogP contribution in [-0.4, -0.2) is 35.6 Å². The van der Waals surface area contributed by atoms with Crippen molar-refractivity contribution in [2.24, 2.45) is 5.92 Å². The summed E-state index contributed by atoms with van der Waals surface area (Å²) in [7, 11) is 1.73. The van der Waals surface area contributed by atoms with Gasteiger partial charge in [0.25, 0.3) is 0 Å². The van der Waals surface area contributed by atoms with E-state index in [1.54, 1.807) is 44.9 Å². The predicted octanol–water partition coefficient (Wildman–Crippen LogP) is 4.41.